The van der Waals surface area contributed by atoms with Crippen LogP contribution in [0.3, 0.4) is 0 Å². The second kappa shape index (κ2) is 11.5. The van der Waals surface area contributed by atoms with E-state index in [2.05, 4.69) is 38.8 Å². The number of likely N-dealkylation sites (tertiary alicyclic amines) is 1. The molecule has 2 aliphatic rings. The van der Waals surface area contributed by atoms with Crippen LogP contribution in [0.1, 0.15) is 19.3 Å². The minimum Gasteiger partial charge on any atom is -0.353 e. The number of nitriles is 1. The summed E-state index contributed by atoms with van der Waals surface area (Å²) in [7, 11) is 2.06. The Balaban J connectivity index is 1.56. The third-order valence-electron chi connectivity index (χ3n) is 7.54. The summed E-state index contributed by atoms with van der Waals surface area (Å²) in [5.41, 5.74) is 0.492. The second-order valence-corrected chi connectivity index (χ2v) is 10.1. The fourth-order valence-corrected chi connectivity index (χ4v) is 5.39. The summed E-state index contributed by atoms with van der Waals surface area (Å²) in [4.78, 5) is 31.1. The number of hydrogen-bond acceptors (Lipinski definition) is 8. The Morgan fingerprint density at radius 3 is 2.65 bits per heavy atom. The SMILES string of the molecule is C=C(F)C(=O)N1CCN(c2nc(NC[C@@H]3CCCN3C)nc3cc(-c4ccccc4F)c(F)nc23)CC1CC#N. The predicted molar refractivity (Wildman–Crippen MR) is 145 cm³/mol. The average molecular weight is 551 g/mol. The standard InChI is InChI=1S/C28H29F3N8O/c1-17(29)27(40)39-13-12-38(16-19(39)9-10-32)26-24-23(34-28(36-26)33-15-18-6-5-11-37(18)2)14-21(25(31)35-24)20-7-3-4-8-22(20)30/h3-4,7-8,14,18-19H,1,5-6,9,11-13,15-16H2,2H3,(H,33,34,36)/t18-,19?/m0/s1. The monoisotopic (exact) mass is 550 g/mol. The topological polar surface area (TPSA) is 101 Å². The fourth-order valence-electron chi connectivity index (χ4n) is 5.39. The van der Waals surface area contributed by atoms with Gasteiger partial charge in [0.1, 0.15) is 11.3 Å². The maximum Gasteiger partial charge on any atom is 0.282 e. The number of halogens is 3. The van der Waals surface area contributed by atoms with Gasteiger partial charge >= 0.3 is 0 Å². The maximum absolute atomic E-state index is 15.4. The summed E-state index contributed by atoms with van der Waals surface area (Å²) in [6.07, 6.45) is 2.08. The van der Waals surface area contributed by atoms with Crippen LogP contribution in [0.2, 0.25) is 0 Å². The van der Waals surface area contributed by atoms with Crippen molar-refractivity contribution < 1.29 is 18.0 Å². The van der Waals surface area contributed by atoms with Crippen LogP contribution in [-0.4, -0.2) is 82.5 Å². The van der Waals surface area contributed by atoms with E-state index in [0.717, 1.165) is 19.4 Å². The van der Waals surface area contributed by atoms with E-state index in [1.807, 2.05) is 6.07 Å². The molecule has 3 aromatic rings. The summed E-state index contributed by atoms with van der Waals surface area (Å²) in [5, 5.41) is 12.7. The number of nitrogens with zero attached hydrogens (tertiary/aromatic N) is 7. The first kappa shape index (κ1) is 27.3. The highest BCUT2D eigenvalue weighted by Gasteiger charge is 2.33. The number of fused-ring (bicyclic) bond motifs is 1. The average Bonchev–Trinajstić information content (AvgIpc) is 3.36. The van der Waals surface area contributed by atoms with Crippen molar-refractivity contribution in [1.82, 2.24) is 24.8 Å². The summed E-state index contributed by atoms with van der Waals surface area (Å²) in [5.74, 6) is -2.84. The largest absolute Gasteiger partial charge is 0.353 e. The van der Waals surface area contributed by atoms with Crippen molar-refractivity contribution in [3.8, 4) is 17.2 Å². The van der Waals surface area contributed by atoms with Gasteiger partial charge in [0.25, 0.3) is 5.91 Å². The first-order valence-electron chi connectivity index (χ1n) is 13.1. The van der Waals surface area contributed by atoms with E-state index >= 15 is 4.39 Å². The van der Waals surface area contributed by atoms with Crippen LogP contribution in [0, 0.1) is 23.1 Å². The molecule has 0 saturated carbocycles. The molecule has 1 amide bonds. The summed E-state index contributed by atoms with van der Waals surface area (Å²) in [6, 6.07) is 9.00. The Kier molecular flexibility index (Phi) is 7.84. The number of likely N-dealkylation sites (N-methyl/N-ethyl adjacent to an activating group) is 1. The Bertz CT molecular complexity index is 1490. The van der Waals surface area contributed by atoms with Crippen LogP contribution in [0.15, 0.2) is 42.7 Å². The molecule has 1 aromatic carbocycles. The van der Waals surface area contributed by atoms with Gasteiger partial charge in [-0.25, -0.2) is 18.7 Å². The predicted octanol–water partition coefficient (Wildman–Crippen LogP) is 3.89. The van der Waals surface area contributed by atoms with Crippen molar-refractivity contribution in [1.29, 1.82) is 5.26 Å². The van der Waals surface area contributed by atoms with Gasteiger partial charge < -0.3 is 20.0 Å². The molecule has 2 aliphatic heterocycles. The van der Waals surface area contributed by atoms with Gasteiger partial charge in [-0.2, -0.15) is 14.6 Å². The summed E-state index contributed by atoms with van der Waals surface area (Å²) >= 11 is 0. The number of hydrogen-bond donors (Lipinski definition) is 1. The molecule has 0 aliphatic carbocycles. The number of amides is 1. The fraction of sp³-hybridized carbons (Fsp3) is 0.393. The van der Waals surface area contributed by atoms with Crippen LogP contribution in [0.4, 0.5) is 24.9 Å². The number of carbonyl (C=O) groups is 1. The molecule has 1 unspecified atom stereocenters. The molecule has 2 fully saturated rings. The van der Waals surface area contributed by atoms with Crippen LogP contribution in [0.25, 0.3) is 22.2 Å². The van der Waals surface area contributed by atoms with Crippen molar-refractivity contribution in [3.05, 3.63) is 54.5 Å². The normalized spacial score (nSPS) is 19.6. The minimum atomic E-state index is -1.10. The van der Waals surface area contributed by atoms with E-state index in [-0.39, 0.29) is 42.7 Å². The molecule has 2 aromatic heterocycles. The molecule has 2 saturated heterocycles. The van der Waals surface area contributed by atoms with Crippen LogP contribution in [-0.2, 0) is 4.79 Å². The lowest BCUT2D eigenvalue weighted by Crippen LogP contribution is -2.55. The van der Waals surface area contributed by atoms with E-state index in [0.29, 0.717) is 29.9 Å². The molecule has 208 valence electrons. The van der Waals surface area contributed by atoms with E-state index < -0.39 is 29.5 Å². The zero-order valence-electron chi connectivity index (χ0n) is 22.1. The molecule has 5 rings (SSSR count). The van der Waals surface area contributed by atoms with Gasteiger partial charge in [-0.15, -0.1) is 0 Å². The lowest BCUT2D eigenvalue weighted by atomic mass is 10.1. The van der Waals surface area contributed by atoms with Gasteiger partial charge in [-0.3, -0.25) is 4.79 Å². The first-order valence-corrected chi connectivity index (χ1v) is 13.1. The molecule has 0 radical (unpaired) electrons. The highest BCUT2D eigenvalue weighted by atomic mass is 19.1. The maximum atomic E-state index is 15.4. The number of pyridine rings is 1. The smallest absolute Gasteiger partial charge is 0.282 e. The number of rotatable bonds is 7. The molecule has 12 heteroatoms. The molecular formula is C28H29F3N8O. The molecule has 2 atom stereocenters. The Morgan fingerprint density at radius 1 is 1.15 bits per heavy atom. The number of piperazine rings is 1. The Labute approximate surface area is 229 Å². The summed E-state index contributed by atoms with van der Waals surface area (Å²) < 4.78 is 43.6. The van der Waals surface area contributed by atoms with E-state index in [4.69, 9.17) is 0 Å². The molecule has 40 heavy (non-hydrogen) atoms. The zero-order valence-corrected chi connectivity index (χ0v) is 22.1. The van der Waals surface area contributed by atoms with Gasteiger partial charge in [0.05, 0.1) is 24.0 Å². The van der Waals surface area contributed by atoms with Crippen molar-refractivity contribution >= 4 is 28.7 Å². The highest BCUT2D eigenvalue weighted by molar-refractivity contribution is 5.92. The van der Waals surface area contributed by atoms with Crippen molar-refractivity contribution in [2.24, 2.45) is 0 Å². The third kappa shape index (κ3) is 5.42. The van der Waals surface area contributed by atoms with Crippen LogP contribution >= 0.6 is 0 Å². The van der Waals surface area contributed by atoms with Gasteiger partial charge in [0.15, 0.2) is 11.6 Å². The summed E-state index contributed by atoms with van der Waals surface area (Å²) in [6.45, 7) is 5.16. The lowest BCUT2D eigenvalue weighted by Gasteiger charge is -2.41. The lowest BCUT2D eigenvalue weighted by molar-refractivity contribution is -0.131. The highest BCUT2D eigenvalue weighted by Crippen LogP contribution is 2.32. The zero-order chi connectivity index (χ0) is 28.4. The number of benzene rings is 1. The first-order chi connectivity index (χ1) is 19.3. The molecule has 0 spiro atoms. The third-order valence-corrected chi connectivity index (χ3v) is 7.54. The minimum absolute atomic E-state index is 0.0315. The number of anilines is 2. The number of aromatic nitrogens is 3. The van der Waals surface area contributed by atoms with Crippen LogP contribution in [0.5, 0.6) is 0 Å². The second-order valence-electron chi connectivity index (χ2n) is 10.1. The van der Waals surface area contributed by atoms with Crippen LogP contribution < -0.4 is 10.2 Å². The van der Waals surface area contributed by atoms with Crippen molar-refractivity contribution in [2.45, 2.75) is 31.3 Å². The van der Waals surface area contributed by atoms with Gasteiger partial charge in [0.2, 0.25) is 11.9 Å². The van der Waals surface area contributed by atoms with Gasteiger partial charge in [-0.1, -0.05) is 24.8 Å². The van der Waals surface area contributed by atoms with Gasteiger partial charge in [0, 0.05) is 43.3 Å². The Hall–Kier alpha value is -4.24. The molecule has 0 bridgehead atoms. The van der Waals surface area contributed by atoms with E-state index in [1.54, 1.807) is 11.0 Å². The van der Waals surface area contributed by atoms with E-state index in [1.165, 1.54) is 29.2 Å². The van der Waals surface area contributed by atoms with Crippen molar-refractivity contribution in [2.75, 3.05) is 50.0 Å². The number of nitrogens with one attached hydrogen (secondary N) is 1. The Morgan fingerprint density at radius 2 is 1.95 bits per heavy atom. The molecule has 1 N–H and O–H groups in total. The number of carbonyl (C=O) groups excluding carboxylic acids is 1. The molecule has 9 nitrogen and oxygen atoms in total. The van der Waals surface area contributed by atoms with E-state index in [9.17, 15) is 18.8 Å². The molecule has 4 heterocycles. The van der Waals surface area contributed by atoms with Crippen molar-refractivity contribution in [3.63, 3.8) is 0 Å². The molecular weight excluding hydrogens is 521 g/mol. The van der Waals surface area contributed by atoms with Gasteiger partial charge in [-0.05, 0) is 38.6 Å². The quantitative estimate of drug-likeness (QED) is 0.349.